The maximum Gasteiger partial charge on any atom is 0.311 e. The van der Waals surface area contributed by atoms with Crippen LogP contribution < -0.4 is 14.4 Å². The van der Waals surface area contributed by atoms with E-state index in [-0.39, 0.29) is 18.3 Å². The molecule has 2 aliphatic heterocycles. The molecule has 20 heavy (non-hydrogen) atoms. The Kier molecular flexibility index (Phi) is 3.22. The Labute approximate surface area is 116 Å². The van der Waals surface area contributed by atoms with E-state index >= 15 is 0 Å². The van der Waals surface area contributed by atoms with E-state index in [9.17, 15) is 9.59 Å². The Hall–Kier alpha value is -2.24. The number of benzene rings is 1. The molecule has 2 heterocycles. The number of carbonyl (C=O) groups excluding carboxylic acids is 2. The lowest BCUT2D eigenvalue weighted by atomic mass is 10.1. The first-order valence-electron chi connectivity index (χ1n) is 6.47. The van der Waals surface area contributed by atoms with Crippen LogP contribution in [-0.4, -0.2) is 38.7 Å². The third-order valence-electron chi connectivity index (χ3n) is 3.50. The van der Waals surface area contributed by atoms with Crippen LogP contribution in [0, 0.1) is 5.92 Å². The molecule has 0 bridgehead atoms. The zero-order chi connectivity index (χ0) is 14.1. The fourth-order valence-electron chi connectivity index (χ4n) is 2.54. The molecule has 1 aromatic carbocycles. The number of ether oxygens (including phenoxy) is 3. The molecule has 0 aliphatic carbocycles. The van der Waals surface area contributed by atoms with E-state index in [1.165, 1.54) is 7.11 Å². The summed E-state index contributed by atoms with van der Waals surface area (Å²) >= 11 is 0. The van der Waals surface area contributed by atoms with Crippen LogP contribution in [0.25, 0.3) is 0 Å². The topological polar surface area (TPSA) is 65.1 Å². The Morgan fingerprint density at radius 3 is 2.95 bits per heavy atom. The Balaban J connectivity index is 1.90. The zero-order valence-electron chi connectivity index (χ0n) is 11.1. The number of rotatable bonds is 2. The number of fused-ring (bicyclic) bond motifs is 1. The normalized spacial score (nSPS) is 20.9. The Bertz CT molecular complexity index is 556. The summed E-state index contributed by atoms with van der Waals surface area (Å²) in [7, 11) is 1.33. The lowest BCUT2D eigenvalue weighted by Crippen LogP contribution is -2.28. The van der Waals surface area contributed by atoms with Gasteiger partial charge >= 0.3 is 5.97 Å². The van der Waals surface area contributed by atoms with Crippen LogP contribution in [0.1, 0.15) is 6.42 Å². The summed E-state index contributed by atoms with van der Waals surface area (Å²) in [5, 5.41) is 0. The molecule has 0 aromatic heterocycles. The van der Waals surface area contributed by atoms with Gasteiger partial charge in [-0.3, -0.25) is 9.59 Å². The van der Waals surface area contributed by atoms with Crippen LogP contribution >= 0.6 is 0 Å². The maximum atomic E-state index is 12.1. The van der Waals surface area contributed by atoms with Gasteiger partial charge in [0.2, 0.25) is 5.91 Å². The Morgan fingerprint density at radius 1 is 1.35 bits per heavy atom. The maximum absolute atomic E-state index is 12.1. The van der Waals surface area contributed by atoms with Crippen molar-refractivity contribution in [3.8, 4) is 11.5 Å². The first-order valence-corrected chi connectivity index (χ1v) is 6.47. The molecule has 3 rings (SSSR count). The van der Waals surface area contributed by atoms with E-state index in [1.807, 2.05) is 6.07 Å². The van der Waals surface area contributed by atoms with Crippen molar-refractivity contribution in [3.63, 3.8) is 0 Å². The second-order valence-electron chi connectivity index (χ2n) is 4.73. The van der Waals surface area contributed by atoms with Crippen LogP contribution in [0.15, 0.2) is 18.2 Å². The first-order chi connectivity index (χ1) is 9.70. The highest BCUT2D eigenvalue weighted by Crippen LogP contribution is 2.41. The summed E-state index contributed by atoms with van der Waals surface area (Å²) in [6.45, 7) is 1.26. The molecule has 6 heteroatoms. The van der Waals surface area contributed by atoms with Gasteiger partial charge in [-0.1, -0.05) is 6.07 Å². The van der Waals surface area contributed by atoms with Crippen molar-refractivity contribution in [3.05, 3.63) is 18.2 Å². The minimum Gasteiger partial charge on any atom is -0.486 e. The predicted molar refractivity (Wildman–Crippen MR) is 69.9 cm³/mol. The molecule has 0 spiro atoms. The molecule has 2 aliphatic rings. The predicted octanol–water partition coefficient (Wildman–Crippen LogP) is 0.984. The first kappa shape index (κ1) is 12.8. The number of hydrogen-bond acceptors (Lipinski definition) is 5. The monoisotopic (exact) mass is 277 g/mol. The molecule has 106 valence electrons. The van der Waals surface area contributed by atoms with Crippen molar-refractivity contribution in [2.45, 2.75) is 6.42 Å². The van der Waals surface area contributed by atoms with Crippen molar-refractivity contribution in [1.82, 2.24) is 0 Å². The van der Waals surface area contributed by atoms with E-state index < -0.39 is 5.92 Å². The van der Waals surface area contributed by atoms with Gasteiger partial charge in [0, 0.05) is 13.0 Å². The van der Waals surface area contributed by atoms with Crippen LogP contribution in [0.4, 0.5) is 5.69 Å². The number of methoxy groups -OCH3 is 1. The molecule has 1 atom stereocenters. The van der Waals surface area contributed by atoms with Crippen LogP contribution in [0.3, 0.4) is 0 Å². The van der Waals surface area contributed by atoms with E-state index in [1.54, 1.807) is 17.0 Å². The largest absolute Gasteiger partial charge is 0.486 e. The van der Waals surface area contributed by atoms with Crippen LogP contribution in [0.5, 0.6) is 11.5 Å². The number of carbonyl (C=O) groups is 2. The minimum atomic E-state index is -0.423. The molecule has 1 aromatic rings. The number of anilines is 1. The van der Waals surface area contributed by atoms with Crippen LogP contribution in [0.2, 0.25) is 0 Å². The Morgan fingerprint density at radius 2 is 2.15 bits per heavy atom. The second-order valence-corrected chi connectivity index (χ2v) is 4.73. The zero-order valence-corrected chi connectivity index (χ0v) is 11.1. The summed E-state index contributed by atoms with van der Waals surface area (Å²) in [4.78, 5) is 25.2. The molecule has 6 nitrogen and oxygen atoms in total. The number of para-hydroxylation sites is 1. The smallest absolute Gasteiger partial charge is 0.311 e. The molecular weight excluding hydrogens is 262 g/mol. The molecule has 0 radical (unpaired) electrons. The lowest BCUT2D eigenvalue weighted by Gasteiger charge is -2.25. The molecule has 1 unspecified atom stereocenters. The summed E-state index contributed by atoms with van der Waals surface area (Å²) in [6.07, 6.45) is 0.164. The molecule has 1 fully saturated rings. The van der Waals surface area contributed by atoms with Gasteiger partial charge in [-0.05, 0) is 12.1 Å². The van der Waals surface area contributed by atoms with Gasteiger partial charge in [-0.25, -0.2) is 0 Å². The third kappa shape index (κ3) is 2.07. The van der Waals surface area contributed by atoms with Crippen molar-refractivity contribution in [2.24, 2.45) is 5.92 Å². The SMILES string of the molecule is COC(=O)C1CC(=O)N(c2cccc3c2OCCO3)C1. The number of hydrogen-bond donors (Lipinski definition) is 0. The van der Waals surface area contributed by atoms with E-state index in [0.29, 0.717) is 36.9 Å². The van der Waals surface area contributed by atoms with Gasteiger partial charge in [0.25, 0.3) is 0 Å². The third-order valence-corrected chi connectivity index (χ3v) is 3.50. The van der Waals surface area contributed by atoms with Gasteiger partial charge in [-0.2, -0.15) is 0 Å². The van der Waals surface area contributed by atoms with Crippen molar-refractivity contribution < 1.29 is 23.8 Å². The van der Waals surface area contributed by atoms with Gasteiger partial charge < -0.3 is 19.1 Å². The summed E-state index contributed by atoms with van der Waals surface area (Å²) in [5.41, 5.74) is 0.651. The fraction of sp³-hybridized carbons (Fsp3) is 0.429. The van der Waals surface area contributed by atoms with Gasteiger partial charge in [-0.15, -0.1) is 0 Å². The van der Waals surface area contributed by atoms with Gasteiger partial charge in [0.05, 0.1) is 18.7 Å². The van der Waals surface area contributed by atoms with E-state index in [2.05, 4.69) is 0 Å². The van der Waals surface area contributed by atoms with Gasteiger partial charge in [0.15, 0.2) is 11.5 Å². The summed E-state index contributed by atoms with van der Waals surface area (Å²) < 4.78 is 15.8. The standard InChI is InChI=1S/C14H15NO5/c1-18-14(17)9-7-12(16)15(8-9)10-3-2-4-11-13(10)20-6-5-19-11/h2-4,9H,5-8H2,1H3. The number of esters is 1. The number of amides is 1. The van der Waals surface area contributed by atoms with E-state index in [4.69, 9.17) is 14.2 Å². The molecule has 1 saturated heterocycles. The second kappa shape index (κ2) is 5.03. The van der Waals surface area contributed by atoms with Crippen molar-refractivity contribution >= 4 is 17.6 Å². The van der Waals surface area contributed by atoms with Crippen LogP contribution in [-0.2, 0) is 14.3 Å². The van der Waals surface area contributed by atoms with Crippen molar-refractivity contribution in [1.29, 1.82) is 0 Å². The molecular formula is C14H15NO5. The number of nitrogens with zero attached hydrogens (tertiary/aromatic N) is 1. The highest BCUT2D eigenvalue weighted by molar-refractivity contribution is 6.00. The highest BCUT2D eigenvalue weighted by atomic mass is 16.6. The molecule has 0 N–H and O–H groups in total. The summed E-state index contributed by atoms with van der Waals surface area (Å²) in [5.74, 6) is 0.305. The minimum absolute atomic E-state index is 0.108. The average molecular weight is 277 g/mol. The fourth-order valence-corrected chi connectivity index (χ4v) is 2.54. The molecule has 1 amide bonds. The lowest BCUT2D eigenvalue weighted by molar-refractivity contribution is -0.145. The highest BCUT2D eigenvalue weighted by Gasteiger charge is 2.37. The molecule has 0 saturated carbocycles. The quantitative estimate of drug-likeness (QED) is 0.754. The summed E-state index contributed by atoms with van der Waals surface area (Å²) in [6, 6.07) is 5.41. The average Bonchev–Trinajstić information content (AvgIpc) is 2.87. The van der Waals surface area contributed by atoms with E-state index in [0.717, 1.165) is 0 Å². The van der Waals surface area contributed by atoms with Crippen molar-refractivity contribution in [2.75, 3.05) is 31.8 Å². The van der Waals surface area contributed by atoms with Gasteiger partial charge in [0.1, 0.15) is 13.2 Å².